The maximum absolute atomic E-state index is 15.9. The van der Waals surface area contributed by atoms with Gasteiger partial charge in [-0.1, -0.05) is 53.2 Å². The summed E-state index contributed by atoms with van der Waals surface area (Å²) in [6.45, 7) is 17.4. The summed E-state index contributed by atoms with van der Waals surface area (Å²) in [4.78, 5) is 41.1. The van der Waals surface area contributed by atoms with E-state index < -0.39 is 249 Å². The van der Waals surface area contributed by atoms with Crippen LogP contribution in [0.4, 0.5) is 0 Å². The molecule has 0 radical (unpaired) electrons. The van der Waals surface area contributed by atoms with Gasteiger partial charge < -0.3 is 133 Å². The standard InChI is InChI=1S/C65H104O30/c1-25(84-29(5)69)18-38(72)90-50-28(4)87-58(52(47(50)81)93-55-46(80)43(77)49(27(3)86-55)91-57-48(82)51(34(23-67)89-57)92-54-44(78)41(75)39(73)26(2)85-54)95-59(83)65-17-16-60(6,7)19-31(65)30-12-13-36-61(8)20-32(70)53(94-56-45(79)42(76)40(74)33(22-66)88-56)62(9,24-68)35(61)14-15-63(36,10)64(30,11)21-37(65)71/h12,25-28,31-37,39-58,66-68,70-71,73-82H,13-24H2,1-11H3/t25-,26-,27-,28-,31+,32+,33-,34-,35-,36-,37-,39-,40-,41+,42+,43-,44+,45-,46+,47+,48-,49-,50+,51+,52-,53+,54+,55-,56+,57+,58+,61+,62+,63-,64-,65-/m1/s1. The van der Waals surface area contributed by atoms with Crippen LogP contribution >= 0.6 is 0 Å². The Morgan fingerprint density at radius 1 is 0.558 bits per heavy atom. The van der Waals surface area contributed by atoms with E-state index in [1.54, 1.807) is 0 Å². The van der Waals surface area contributed by atoms with E-state index in [-0.39, 0.29) is 36.5 Å². The van der Waals surface area contributed by atoms with E-state index in [2.05, 4.69) is 40.7 Å². The van der Waals surface area contributed by atoms with Gasteiger partial charge in [0, 0.05) is 12.3 Å². The van der Waals surface area contributed by atoms with Gasteiger partial charge in [0.25, 0.3) is 0 Å². The third-order valence-corrected chi connectivity index (χ3v) is 24.2. The van der Waals surface area contributed by atoms with Crippen molar-refractivity contribution in [3.63, 3.8) is 0 Å². The molecule has 5 heterocycles. The van der Waals surface area contributed by atoms with Crippen molar-refractivity contribution in [1.82, 2.24) is 0 Å². The van der Waals surface area contributed by atoms with Crippen molar-refractivity contribution < 1.29 is 148 Å². The molecule has 0 aromatic heterocycles. The molecule has 5 aliphatic heterocycles. The lowest BCUT2D eigenvalue weighted by molar-refractivity contribution is -0.368. The van der Waals surface area contributed by atoms with Gasteiger partial charge in [-0.05, 0) is 118 Å². The summed E-state index contributed by atoms with van der Waals surface area (Å²) in [5, 5.41) is 168. The van der Waals surface area contributed by atoms with Gasteiger partial charge in [0.15, 0.2) is 37.4 Å². The first-order valence-electron chi connectivity index (χ1n) is 33.5. The van der Waals surface area contributed by atoms with E-state index in [0.29, 0.717) is 32.1 Å². The molecule has 30 nitrogen and oxygen atoms in total. The fourth-order valence-electron chi connectivity index (χ4n) is 18.8. The lowest BCUT2D eigenvalue weighted by Gasteiger charge is -2.72. The Morgan fingerprint density at radius 3 is 1.75 bits per heavy atom. The third-order valence-electron chi connectivity index (χ3n) is 24.2. The van der Waals surface area contributed by atoms with Crippen LogP contribution in [0, 0.1) is 50.2 Å². The summed E-state index contributed by atoms with van der Waals surface area (Å²) < 4.78 is 71.4. The zero-order chi connectivity index (χ0) is 69.9. The van der Waals surface area contributed by atoms with Crippen molar-refractivity contribution in [1.29, 1.82) is 0 Å². The van der Waals surface area contributed by atoms with Crippen LogP contribution in [0.25, 0.3) is 0 Å². The number of hydrogen-bond acceptors (Lipinski definition) is 30. The summed E-state index contributed by atoms with van der Waals surface area (Å²) in [6, 6.07) is 0. The Bertz CT molecular complexity index is 2740. The fraction of sp³-hybridized carbons (Fsp3) is 0.923. The number of rotatable bonds is 17. The first-order valence-corrected chi connectivity index (χ1v) is 33.5. The predicted molar refractivity (Wildman–Crippen MR) is 319 cm³/mol. The second kappa shape index (κ2) is 27.9. The number of allylic oxidation sites excluding steroid dienone is 2. The van der Waals surface area contributed by atoms with Gasteiger partial charge in [-0.3, -0.25) is 14.4 Å². The summed E-state index contributed by atoms with van der Waals surface area (Å²) in [7, 11) is 0. The lowest BCUT2D eigenvalue weighted by Crippen LogP contribution is -2.70. The second-order valence-electron chi connectivity index (χ2n) is 30.7. The molecule has 0 aromatic carbocycles. The van der Waals surface area contributed by atoms with Crippen molar-refractivity contribution in [3.8, 4) is 0 Å². The molecule has 544 valence electrons. The molecule has 0 amide bonds. The van der Waals surface area contributed by atoms with E-state index >= 15 is 4.79 Å². The summed E-state index contributed by atoms with van der Waals surface area (Å²) >= 11 is 0. The molecular weight excluding hydrogens is 1260 g/mol. The summed E-state index contributed by atoms with van der Waals surface area (Å²) in [6.07, 6.45) is -39.4. The molecule has 4 saturated carbocycles. The Morgan fingerprint density at radius 2 is 1.12 bits per heavy atom. The molecule has 10 rings (SSSR count). The minimum Gasteiger partial charge on any atom is -0.462 e. The molecule has 36 atom stereocenters. The van der Waals surface area contributed by atoms with Crippen LogP contribution in [0.15, 0.2) is 11.6 Å². The number of esters is 3. The number of hydrogen-bond donors (Lipinski definition) is 15. The predicted octanol–water partition coefficient (Wildman–Crippen LogP) is -2.68. The Balaban J connectivity index is 0.906. The van der Waals surface area contributed by atoms with Crippen LogP contribution in [-0.4, -0.2) is 286 Å². The first-order chi connectivity index (χ1) is 44.4. The van der Waals surface area contributed by atoms with Gasteiger partial charge in [0.05, 0.1) is 62.9 Å². The Kier molecular flexibility index (Phi) is 22.0. The monoisotopic (exact) mass is 1360 g/mol. The van der Waals surface area contributed by atoms with Crippen molar-refractivity contribution in [3.05, 3.63) is 11.6 Å². The smallest absolute Gasteiger partial charge is 0.317 e. The highest BCUT2D eigenvalue weighted by atomic mass is 16.8. The van der Waals surface area contributed by atoms with Gasteiger partial charge in [0.1, 0.15) is 97.0 Å². The number of ether oxygens (including phenoxy) is 12. The van der Waals surface area contributed by atoms with E-state index in [1.165, 1.54) is 27.7 Å². The molecule has 5 saturated heterocycles. The Hall–Kier alpha value is -2.81. The number of aliphatic hydroxyl groups excluding tert-OH is 15. The van der Waals surface area contributed by atoms with E-state index in [0.717, 1.165) is 12.5 Å². The second-order valence-corrected chi connectivity index (χ2v) is 30.7. The SMILES string of the molecule is CC(=O)O[C@H](C)CC(=O)O[C@@H]1[C@H](O)[C@@H](O[C@H]2O[C@H](C)[C@@H](O[C@@H]3O[C@H](CO)[C@H](O[C@@H]4O[C@H](C)[C@@H](O)[C@H](O)[C@@H]4O)[C@H]3O)[C@H](O)[C@@H]2O)[C@H](OC(=O)[C@]23CCC(C)(C)C[C@H]2C2=CC[C@@H]4[C@@]5(C)C[C@H](O)[C@H](O[C@@H]6O[C@H](CO)[C@@H](O)[C@H](O)[C@H]6O)[C@@](C)(CO)[C@@H]5CC[C@@]4(C)[C@]2(C)C[C@H]3O)O[C@@H]1C. The van der Waals surface area contributed by atoms with Crippen LogP contribution < -0.4 is 0 Å². The average Bonchev–Trinajstić information content (AvgIpc) is 0.968. The molecule has 10 aliphatic rings. The van der Waals surface area contributed by atoms with Gasteiger partial charge in [-0.2, -0.15) is 0 Å². The summed E-state index contributed by atoms with van der Waals surface area (Å²) in [5.41, 5.74) is -4.37. The minimum atomic E-state index is -2.08. The molecule has 0 aromatic rings. The number of carbonyl (C=O) groups excluding carboxylic acids is 3. The molecule has 30 heteroatoms. The van der Waals surface area contributed by atoms with Gasteiger partial charge in [0.2, 0.25) is 6.29 Å². The van der Waals surface area contributed by atoms with Gasteiger partial charge in [-0.15, -0.1) is 0 Å². The Labute approximate surface area is 551 Å². The van der Waals surface area contributed by atoms with Gasteiger partial charge >= 0.3 is 17.9 Å². The number of carbonyl (C=O) groups is 3. The maximum atomic E-state index is 15.9. The van der Waals surface area contributed by atoms with Gasteiger partial charge in [-0.25, -0.2) is 0 Å². The molecule has 0 unspecified atom stereocenters. The third kappa shape index (κ3) is 13.0. The topological polar surface area (TPSA) is 465 Å². The summed E-state index contributed by atoms with van der Waals surface area (Å²) in [5.74, 6) is -3.66. The number of aliphatic hydroxyl groups is 15. The average molecular weight is 1370 g/mol. The van der Waals surface area contributed by atoms with E-state index in [9.17, 15) is 86.2 Å². The highest BCUT2D eigenvalue weighted by Crippen LogP contribution is 2.76. The lowest BCUT2D eigenvalue weighted by atomic mass is 9.33. The van der Waals surface area contributed by atoms with Crippen molar-refractivity contribution in [2.45, 2.75) is 306 Å². The zero-order valence-electron chi connectivity index (χ0n) is 55.8. The highest BCUT2D eigenvalue weighted by molar-refractivity contribution is 5.80. The van der Waals surface area contributed by atoms with Crippen LogP contribution in [0.5, 0.6) is 0 Å². The van der Waals surface area contributed by atoms with E-state index in [4.69, 9.17) is 56.8 Å². The van der Waals surface area contributed by atoms with Crippen LogP contribution in [-0.2, 0) is 71.2 Å². The highest BCUT2D eigenvalue weighted by Gasteiger charge is 2.73. The van der Waals surface area contributed by atoms with Crippen LogP contribution in [0.2, 0.25) is 0 Å². The first kappa shape index (κ1) is 74.9. The largest absolute Gasteiger partial charge is 0.462 e. The molecule has 15 N–H and O–H groups in total. The molecule has 5 aliphatic carbocycles. The fourth-order valence-corrected chi connectivity index (χ4v) is 18.8. The van der Waals surface area contributed by atoms with Crippen LogP contribution in [0.1, 0.15) is 134 Å². The van der Waals surface area contributed by atoms with Crippen LogP contribution in [0.3, 0.4) is 0 Å². The van der Waals surface area contributed by atoms with Crippen molar-refractivity contribution in [2.75, 3.05) is 19.8 Å². The quantitative estimate of drug-likeness (QED) is 0.0305. The molecular formula is C65H104O30. The molecule has 0 bridgehead atoms. The molecule has 0 spiro atoms. The van der Waals surface area contributed by atoms with Crippen molar-refractivity contribution >= 4 is 17.9 Å². The minimum absolute atomic E-state index is 0.0698. The normalized spacial score (nSPS) is 52.3. The number of fused-ring (bicyclic) bond motifs is 7. The van der Waals surface area contributed by atoms with Crippen molar-refractivity contribution in [2.24, 2.45) is 50.2 Å². The van der Waals surface area contributed by atoms with E-state index in [1.807, 2.05) is 6.92 Å². The zero-order valence-corrected chi connectivity index (χ0v) is 55.8. The molecule has 9 fully saturated rings. The maximum Gasteiger partial charge on any atom is 0.317 e. The molecule has 95 heavy (non-hydrogen) atoms.